The Morgan fingerprint density at radius 2 is 2.00 bits per heavy atom. The molecule has 0 saturated carbocycles. The molecule has 0 spiro atoms. The van der Waals surface area contributed by atoms with Gasteiger partial charge in [0.25, 0.3) is 5.91 Å². The summed E-state index contributed by atoms with van der Waals surface area (Å²) in [6, 6.07) is 6.66. The molecule has 0 aliphatic rings. The third-order valence-corrected chi connectivity index (χ3v) is 6.27. The lowest BCUT2D eigenvalue weighted by molar-refractivity contribution is -0.139. The van der Waals surface area contributed by atoms with Crippen LogP contribution >= 0.6 is 11.3 Å². The molecule has 0 aliphatic heterocycles. The number of hydrogen-bond acceptors (Lipinski definition) is 4. The number of rotatable bonds is 10. The summed E-state index contributed by atoms with van der Waals surface area (Å²) in [7, 11) is 0. The molecule has 0 saturated heterocycles. The maximum atomic E-state index is 12.7. The number of nitrogens with one attached hydrogen (secondary N) is 1. The number of amides is 1. The second kappa shape index (κ2) is 10.1. The van der Waals surface area contributed by atoms with Crippen LogP contribution in [0.15, 0.2) is 35.0 Å². The second-order valence-corrected chi connectivity index (χ2v) is 9.44. The SMILES string of the molecule is CCC(C)Cn1c(Cc2ccsc2)nc2cc(C(=O)NC(CC(C)C)C(=O)O)ccc21. The number of imidazole rings is 1. The summed E-state index contributed by atoms with van der Waals surface area (Å²) in [5.41, 5.74) is 3.41. The fourth-order valence-corrected chi connectivity index (χ4v) is 4.28. The third kappa shape index (κ3) is 5.73. The van der Waals surface area contributed by atoms with E-state index in [2.05, 4.69) is 40.6 Å². The molecule has 0 aliphatic carbocycles. The molecule has 2 heterocycles. The smallest absolute Gasteiger partial charge is 0.326 e. The van der Waals surface area contributed by atoms with E-state index in [0.29, 0.717) is 17.9 Å². The minimum atomic E-state index is -1.01. The van der Waals surface area contributed by atoms with E-state index in [1.165, 1.54) is 5.56 Å². The van der Waals surface area contributed by atoms with Crippen LogP contribution in [-0.4, -0.2) is 32.6 Å². The lowest BCUT2D eigenvalue weighted by atomic mass is 10.0. The highest BCUT2D eigenvalue weighted by atomic mass is 32.1. The highest BCUT2D eigenvalue weighted by Gasteiger charge is 2.22. The molecule has 2 unspecified atom stereocenters. The van der Waals surface area contributed by atoms with E-state index in [1.54, 1.807) is 23.5 Å². The lowest BCUT2D eigenvalue weighted by Crippen LogP contribution is -2.41. The van der Waals surface area contributed by atoms with Gasteiger partial charge in [-0.15, -0.1) is 0 Å². The van der Waals surface area contributed by atoms with Crippen molar-refractivity contribution in [1.29, 1.82) is 0 Å². The van der Waals surface area contributed by atoms with Gasteiger partial charge in [-0.3, -0.25) is 4.79 Å². The molecular formula is C24H31N3O3S. The molecule has 6 nitrogen and oxygen atoms in total. The first kappa shape index (κ1) is 23.0. The molecule has 2 atom stereocenters. The number of hydrogen-bond donors (Lipinski definition) is 2. The highest BCUT2D eigenvalue weighted by Crippen LogP contribution is 2.23. The Morgan fingerprint density at radius 1 is 1.23 bits per heavy atom. The van der Waals surface area contributed by atoms with Gasteiger partial charge in [-0.05, 0) is 58.8 Å². The van der Waals surface area contributed by atoms with Crippen molar-refractivity contribution < 1.29 is 14.7 Å². The first-order valence-electron chi connectivity index (χ1n) is 10.8. The number of carbonyl (C=O) groups excluding carboxylic acids is 1. The summed E-state index contributed by atoms with van der Waals surface area (Å²) in [5.74, 6) is 0.257. The molecule has 3 rings (SSSR count). The van der Waals surface area contributed by atoms with E-state index in [9.17, 15) is 14.7 Å². The molecule has 3 aromatic rings. The predicted octanol–water partition coefficient (Wildman–Crippen LogP) is 4.96. The van der Waals surface area contributed by atoms with Gasteiger partial charge in [-0.2, -0.15) is 11.3 Å². The van der Waals surface area contributed by atoms with Crippen LogP contribution in [0.4, 0.5) is 0 Å². The highest BCUT2D eigenvalue weighted by molar-refractivity contribution is 7.07. The third-order valence-electron chi connectivity index (χ3n) is 5.53. The number of carboxylic acid groups (broad SMARTS) is 1. The molecule has 0 bridgehead atoms. The minimum absolute atomic E-state index is 0.166. The van der Waals surface area contributed by atoms with Crippen molar-refractivity contribution >= 4 is 34.2 Å². The molecule has 7 heteroatoms. The van der Waals surface area contributed by atoms with Gasteiger partial charge in [0.1, 0.15) is 11.9 Å². The quantitative estimate of drug-likeness (QED) is 0.465. The zero-order valence-electron chi connectivity index (χ0n) is 18.6. The van der Waals surface area contributed by atoms with Gasteiger partial charge in [-0.1, -0.05) is 34.1 Å². The van der Waals surface area contributed by atoms with Gasteiger partial charge in [-0.25, -0.2) is 9.78 Å². The molecule has 31 heavy (non-hydrogen) atoms. The van der Waals surface area contributed by atoms with E-state index < -0.39 is 12.0 Å². The molecule has 0 fully saturated rings. The topological polar surface area (TPSA) is 84.2 Å². The summed E-state index contributed by atoms with van der Waals surface area (Å²) in [4.78, 5) is 29.1. The predicted molar refractivity (Wildman–Crippen MR) is 125 cm³/mol. The van der Waals surface area contributed by atoms with Crippen molar-refractivity contribution in [1.82, 2.24) is 14.9 Å². The van der Waals surface area contributed by atoms with Gasteiger partial charge in [0.05, 0.1) is 11.0 Å². The Bertz CT molecular complexity index is 1040. The Labute approximate surface area is 187 Å². The average Bonchev–Trinajstić information content (AvgIpc) is 3.35. The van der Waals surface area contributed by atoms with Crippen LogP contribution < -0.4 is 5.32 Å². The van der Waals surface area contributed by atoms with Crippen LogP contribution in [0.25, 0.3) is 11.0 Å². The van der Waals surface area contributed by atoms with Crippen LogP contribution in [0, 0.1) is 11.8 Å². The number of nitrogens with zero attached hydrogens (tertiary/aromatic N) is 2. The molecule has 0 radical (unpaired) electrons. The Hall–Kier alpha value is -2.67. The molecule has 1 aromatic carbocycles. The summed E-state index contributed by atoms with van der Waals surface area (Å²) in [6.07, 6.45) is 2.20. The van der Waals surface area contributed by atoms with Crippen LogP contribution in [0.3, 0.4) is 0 Å². The fourth-order valence-electron chi connectivity index (χ4n) is 3.61. The number of aliphatic carboxylic acids is 1. The van der Waals surface area contributed by atoms with E-state index in [1.807, 2.05) is 19.9 Å². The molecule has 166 valence electrons. The van der Waals surface area contributed by atoms with Crippen molar-refractivity contribution in [3.05, 3.63) is 52.0 Å². The number of fused-ring (bicyclic) bond motifs is 1. The van der Waals surface area contributed by atoms with Gasteiger partial charge in [0.15, 0.2) is 0 Å². The van der Waals surface area contributed by atoms with Crippen LogP contribution in [-0.2, 0) is 17.8 Å². The minimum Gasteiger partial charge on any atom is -0.480 e. The van der Waals surface area contributed by atoms with Gasteiger partial charge >= 0.3 is 5.97 Å². The summed E-state index contributed by atoms with van der Waals surface area (Å²) < 4.78 is 2.25. The number of thiophene rings is 1. The van der Waals surface area contributed by atoms with Crippen LogP contribution in [0.5, 0.6) is 0 Å². The molecule has 2 aromatic heterocycles. The number of benzene rings is 1. The number of carboxylic acids is 1. The van der Waals surface area contributed by atoms with E-state index >= 15 is 0 Å². The lowest BCUT2D eigenvalue weighted by Gasteiger charge is -2.16. The summed E-state index contributed by atoms with van der Waals surface area (Å²) in [6.45, 7) is 9.15. The maximum Gasteiger partial charge on any atom is 0.326 e. The van der Waals surface area contributed by atoms with Crippen molar-refractivity contribution in [2.75, 3.05) is 0 Å². The fraction of sp³-hybridized carbons (Fsp3) is 0.458. The standard InChI is InChI=1S/C24H31N3O3S/c1-5-16(4)13-27-21-7-6-18(23(28)26-20(24(29)30)10-15(2)3)12-19(21)25-22(27)11-17-8-9-31-14-17/h6-9,12,14-16,20H,5,10-11,13H2,1-4H3,(H,26,28)(H,29,30). The first-order chi connectivity index (χ1) is 14.8. The van der Waals surface area contributed by atoms with Gasteiger partial charge < -0.3 is 15.0 Å². The summed E-state index contributed by atoms with van der Waals surface area (Å²) in [5, 5.41) is 16.3. The Morgan fingerprint density at radius 3 is 2.61 bits per heavy atom. The van der Waals surface area contributed by atoms with Crippen molar-refractivity contribution in [3.63, 3.8) is 0 Å². The van der Waals surface area contributed by atoms with Gasteiger partial charge in [0.2, 0.25) is 0 Å². The van der Waals surface area contributed by atoms with Gasteiger partial charge in [0, 0.05) is 18.5 Å². The first-order valence-corrected chi connectivity index (χ1v) is 11.8. The normalized spacial score (nSPS) is 13.5. The number of carbonyl (C=O) groups is 2. The van der Waals surface area contributed by atoms with E-state index in [4.69, 9.17) is 4.98 Å². The van der Waals surface area contributed by atoms with Crippen molar-refractivity contribution in [2.24, 2.45) is 11.8 Å². The monoisotopic (exact) mass is 441 g/mol. The van der Waals surface area contributed by atoms with Crippen molar-refractivity contribution in [2.45, 2.75) is 59.5 Å². The average molecular weight is 442 g/mol. The zero-order chi connectivity index (χ0) is 22.5. The molecule has 1 amide bonds. The van der Waals surface area contributed by atoms with Crippen LogP contribution in [0.1, 0.15) is 62.3 Å². The second-order valence-electron chi connectivity index (χ2n) is 8.66. The zero-order valence-corrected chi connectivity index (χ0v) is 19.4. The van der Waals surface area contributed by atoms with Crippen molar-refractivity contribution in [3.8, 4) is 0 Å². The molecule has 2 N–H and O–H groups in total. The Balaban J connectivity index is 1.92. The largest absolute Gasteiger partial charge is 0.480 e. The maximum absolute atomic E-state index is 12.7. The van der Waals surface area contributed by atoms with Crippen LogP contribution in [0.2, 0.25) is 0 Å². The van der Waals surface area contributed by atoms with E-state index in [0.717, 1.165) is 36.2 Å². The number of aromatic nitrogens is 2. The summed E-state index contributed by atoms with van der Waals surface area (Å²) >= 11 is 1.67. The van der Waals surface area contributed by atoms with E-state index in [-0.39, 0.29) is 11.8 Å². The Kier molecular flexibility index (Phi) is 7.49. The molecular weight excluding hydrogens is 410 g/mol.